The molecule has 0 spiro atoms. The van der Waals surface area contributed by atoms with E-state index in [0.717, 1.165) is 22.5 Å². The van der Waals surface area contributed by atoms with E-state index < -0.39 is 0 Å². The molecule has 0 saturated heterocycles. The maximum absolute atomic E-state index is 14.0. The maximum atomic E-state index is 14.0. The highest BCUT2D eigenvalue weighted by Crippen LogP contribution is 2.30. The minimum Gasteiger partial charge on any atom is -0.275 e. The van der Waals surface area contributed by atoms with E-state index in [4.69, 9.17) is 28.8 Å². The van der Waals surface area contributed by atoms with Crippen LogP contribution in [0.25, 0.3) is 27.4 Å². The Balaban J connectivity index is 1.54. The number of fused-ring (bicyclic) bond motifs is 2. The zero-order chi connectivity index (χ0) is 27.3. The summed E-state index contributed by atoms with van der Waals surface area (Å²) in [7, 11) is 0. The fraction of sp³-hybridized carbons (Fsp3) is 0.107. The topological polar surface area (TPSA) is 74.2 Å². The van der Waals surface area contributed by atoms with Gasteiger partial charge in [0.2, 0.25) is 0 Å². The number of aromatic nitrogens is 5. The van der Waals surface area contributed by atoms with Gasteiger partial charge in [0.1, 0.15) is 10.3 Å². The number of thiazole rings is 1. The van der Waals surface area contributed by atoms with Gasteiger partial charge in [-0.1, -0.05) is 71.1 Å². The molecule has 0 fully saturated rings. The van der Waals surface area contributed by atoms with Crippen LogP contribution in [0, 0.1) is 17.8 Å². The minimum atomic E-state index is -0.233. The van der Waals surface area contributed by atoms with Crippen LogP contribution in [0.2, 0.25) is 5.02 Å². The van der Waals surface area contributed by atoms with E-state index in [9.17, 15) is 9.59 Å². The summed E-state index contributed by atoms with van der Waals surface area (Å²) in [5.41, 5.74) is 4.72. The number of hydrogen-bond donors (Lipinski definition) is 0. The first-order valence-corrected chi connectivity index (χ1v) is 14.5. The smallest absolute Gasteiger partial charge is 0.275 e. The third-order valence-corrected chi connectivity index (χ3v) is 8.86. The van der Waals surface area contributed by atoms with Crippen LogP contribution in [0.1, 0.15) is 16.8 Å². The van der Waals surface area contributed by atoms with Crippen molar-refractivity contribution in [2.45, 2.75) is 24.8 Å². The van der Waals surface area contributed by atoms with Crippen LogP contribution in [-0.4, -0.2) is 23.5 Å². The number of pyridine rings is 1. The van der Waals surface area contributed by atoms with Gasteiger partial charge in [-0.05, 0) is 61.5 Å². The summed E-state index contributed by atoms with van der Waals surface area (Å²) < 4.78 is 5.93. The molecular formula is C28H20ClN5O2S3. The second-order valence-electron chi connectivity index (χ2n) is 8.91. The van der Waals surface area contributed by atoms with Gasteiger partial charge in [0.25, 0.3) is 11.1 Å². The van der Waals surface area contributed by atoms with Gasteiger partial charge in [0.05, 0.1) is 22.1 Å². The lowest BCUT2D eigenvalue weighted by Gasteiger charge is -2.15. The van der Waals surface area contributed by atoms with E-state index >= 15 is 0 Å². The van der Waals surface area contributed by atoms with E-state index in [1.54, 1.807) is 22.9 Å². The van der Waals surface area contributed by atoms with Crippen molar-refractivity contribution >= 4 is 62.9 Å². The second kappa shape index (κ2) is 10.2. The Bertz CT molecular complexity index is 2090. The van der Waals surface area contributed by atoms with E-state index in [1.807, 2.05) is 66.9 Å². The van der Waals surface area contributed by atoms with E-state index in [-0.39, 0.29) is 11.1 Å². The summed E-state index contributed by atoms with van der Waals surface area (Å²) in [5, 5.41) is 0.933. The molecule has 6 aromatic rings. The van der Waals surface area contributed by atoms with Crippen LogP contribution in [0.3, 0.4) is 0 Å². The maximum Gasteiger partial charge on any atom is 0.278 e. The summed E-state index contributed by atoms with van der Waals surface area (Å²) in [5.74, 6) is 0.327. The third kappa shape index (κ3) is 4.63. The monoisotopic (exact) mass is 589 g/mol. The number of hydrogen-bond acceptors (Lipinski definition) is 7. The molecular weight excluding hydrogens is 570 g/mol. The molecule has 0 aliphatic heterocycles. The van der Waals surface area contributed by atoms with Crippen molar-refractivity contribution in [3.05, 3.63) is 119 Å². The number of nitrogens with zero attached hydrogens (tertiary/aromatic N) is 5. The van der Waals surface area contributed by atoms with Crippen LogP contribution >= 0.6 is 46.9 Å². The molecule has 0 aliphatic rings. The van der Waals surface area contributed by atoms with Crippen molar-refractivity contribution < 1.29 is 0 Å². The largest absolute Gasteiger partial charge is 0.278 e. The summed E-state index contributed by atoms with van der Waals surface area (Å²) in [6.07, 6.45) is 1.54. The molecule has 0 unspecified atom stereocenters. The van der Waals surface area contributed by atoms with Crippen LogP contribution in [0.5, 0.6) is 0 Å². The molecule has 6 rings (SSSR count). The van der Waals surface area contributed by atoms with Crippen molar-refractivity contribution in [3.8, 4) is 11.4 Å². The first kappa shape index (κ1) is 25.7. The van der Waals surface area contributed by atoms with Gasteiger partial charge in [-0.25, -0.2) is 9.97 Å². The Morgan fingerprint density at radius 2 is 1.59 bits per heavy atom. The SMILES string of the molecule is Cc1ccccc1-n1c(SCc2cc(=O)n3cc(Cl)ccc3n2)nc2c(sc(=S)n2-c2ccccc2C)c1=O. The van der Waals surface area contributed by atoms with E-state index in [1.165, 1.54) is 33.6 Å². The van der Waals surface area contributed by atoms with Gasteiger partial charge in [-0.15, -0.1) is 0 Å². The highest BCUT2D eigenvalue weighted by molar-refractivity contribution is 7.98. The Kier molecular flexibility index (Phi) is 6.72. The van der Waals surface area contributed by atoms with Crippen molar-refractivity contribution in [2.75, 3.05) is 0 Å². The quantitative estimate of drug-likeness (QED) is 0.129. The number of para-hydroxylation sites is 2. The Morgan fingerprint density at radius 3 is 2.28 bits per heavy atom. The molecule has 0 aliphatic carbocycles. The summed E-state index contributed by atoms with van der Waals surface area (Å²) in [4.78, 5) is 36.4. The second-order valence-corrected chi connectivity index (χ2v) is 11.9. The molecule has 4 heterocycles. The van der Waals surface area contributed by atoms with Crippen LogP contribution in [0.15, 0.2) is 87.7 Å². The Labute approximate surface area is 241 Å². The normalized spacial score (nSPS) is 11.5. The molecule has 194 valence electrons. The number of rotatable bonds is 5. The standard InChI is InChI=1S/C28H20ClN5O2S3/c1-16-7-3-5-9-20(16)33-25-24(39-28(33)37)26(36)34(21-10-6-4-8-17(21)2)27(31-25)38-15-19-13-23(35)32-14-18(29)11-12-22(32)30-19/h3-14H,15H2,1-2H3. The van der Waals surface area contributed by atoms with E-state index in [2.05, 4.69) is 4.98 Å². The highest BCUT2D eigenvalue weighted by atomic mass is 35.5. The van der Waals surface area contributed by atoms with Crippen molar-refractivity contribution in [1.29, 1.82) is 0 Å². The van der Waals surface area contributed by atoms with Gasteiger partial charge in [0, 0.05) is 18.0 Å². The van der Waals surface area contributed by atoms with Crippen LogP contribution < -0.4 is 11.1 Å². The van der Waals surface area contributed by atoms with Gasteiger partial charge in [-0.3, -0.25) is 23.1 Å². The fourth-order valence-electron chi connectivity index (χ4n) is 4.42. The van der Waals surface area contributed by atoms with Gasteiger partial charge in [-0.2, -0.15) is 0 Å². The molecule has 11 heteroatoms. The average molecular weight is 590 g/mol. The molecule has 4 aromatic heterocycles. The van der Waals surface area contributed by atoms with Crippen molar-refractivity contribution in [1.82, 2.24) is 23.5 Å². The van der Waals surface area contributed by atoms with Crippen LogP contribution in [0.4, 0.5) is 0 Å². The minimum absolute atomic E-state index is 0.193. The predicted molar refractivity (Wildman–Crippen MR) is 161 cm³/mol. The van der Waals surface area contributed by atoms with Gasteiger partial charge < -0.3 is 0 Å². The molecule has 2 aromatic carbocycles. The van der Waals surface area contributed by atoms with Crippen molar-refractivity contribution in [3.63, 3.8) is 0 Å². The summed E-state index contributed by atoms with van der Waals surface area (Å²) >= 11 is 14.4. The third-order valence-electron chi connectivity index (χ3n) is 6.32. The molecule has 0 N–H and O–H groups in total. The molecule has 0 radical (unpaired) electrons. The predicted octanol–water partition coefficient (Wildman–Crippen LogP) is 6.54. The number of thioether (sulfide) groups is 1. The van der Waals surface area contributed by atoms with Gasteiger partial charge >= 0.3 is 0 Å². The summed E-state index contributed by atoms with van der Waals surface area (Å²) in [6, 6.07) is 20.4. The number of benzene rings is 2. The van der Waals surface area contributed by atoms with Crippen LogP contribution in [-0.2, 0) is 5.75 Å². The molecule has 0 atom stereocenters. The Hall–Kier alpha value is -3.57. The molecule has 0 amide bonds. The zero-order valence-electron chi connectivity index (χ0n) is 20.8. The Morgan fingerprint density at radius 1 is 0.923 bits per heavy atom. The molecule has 39 heavy (non-hydrogen) atoms. The fourth-order valence-corrected chi connectivity index (χ4v) is 6.76. The number of halogens is 1. The van der Waals surface area contributed by atoms with Gasteiger partial charge in [0.15, 0.2) is 14.8 Å². The lowest BCUT2D eigenvalue weighted by Crippen LogP contribution is -2.22. The van der Waals surface area contributed by atoms with E-state index in [0.29, 0.717) is 41.6 Å². The average Bonchev–Trinajstić information content (AvgIpc) is 3.25. The summed E-state index contributed by atoms with van der Waals surface area (Å²) in [6.45, 7) is 3.96. The lowest BCUT2D eigenvalue weighted by atomic mass is 10.2. The zero-order valence-corrected chi connectivity index (χ0v) is 24.0. The lowest BCUT2D eigenvalue weighted by molar-refractivity contribution is 0.806. The highest BCUT2D eigenvalue weighted by Gasteiger charge is 2.21. The van der Waals surface area contributed by atoms with Crippen molar-refractivity contribution in [2.24, 2.45) is 0 Å². The first-order chi connectivity index (χ1) is 18.8. The molecule has 7 nitrogen and oxygen atoms in total. The molecule has 0 saturated carbocycles. The number of aryl methyl sites for hydroxylation is 2. The molecule has 0 bridgehead atoms. The first-order valence-electron chi connectivity index (χ1n) is 11.9.